The Morgan fingerprint density at radius 3 is 2.64 bits per heavy atom. The van der Waals surface area contributed by atoms with Crippen LogP contribution in [0.4, 0.5) is 24.9 Å². The average Bonchev–Trinajstić information content (AvgIpc) is 3.46. The van der Waals surface area contributed by atoms with E-state index in [0.29, 0.717) is 29.3 Å². The number of carbonyl (C=O) groups is 2. The molecule has 4 rings (SSSR count). The Hall–Kier alpha value is -3.19. The van der Waals surface area contributed by atoms with Gasteiger partial charge in [0.25, 0.3) is 11.8 Å². The van der Waals surface area contributed by atoms with E-state index in [1.165, 1.54) is 12.4 Å². The summed E-state index contributed by atoms with van der Waals surface area (Å²) < 4.78 is 40.8. The zero-order valence-corrected chi connectivity index (χ0v) is 18.8. The van der Waals surface area contributed by atoms with E-state index < -0.39 is 28.7 Å². The fourth-order valence-electron chi connectivity index (χ4n) is 3.25. The van der Waals surface area contributed by atoms with E-state index in [4.69, 9.17) is 11.6 Å². The molecule has 3 aromatic rings. The van der Waals surface area contributed by atoms with Crippen LogP contribution in [-0.4, -0.2) is 44.9 Å². The molecule has 0 fully saturated rings. The quantitative estimate of drug-likeness (QED) is 0.556. The molecule has 14 heteroatoms. The number of anilines is 2. The number of likely N-dealkylation sites (N-methyl/N-ethyl adjacent to an activating group) is 1. The molecule has 4 heterocycles. The van der Waals surface area contributed by atoms with E-state index in [2.05, 4.69) is 25.6 Å². The molecule has 3 aromatic heterocycles. The zero-order valence-electron chi connectivity index (χ0n) is 17.3. The standard InChI is InChI=1S/C19H17ClF3N7O2S/c1-9(27-15(31)12-7-26-18-29(2)3-4-30(12)18)17-25-8-13(33-17)16(32)28-14-5-10(19(21,22)23)11(20)6-24-14/h5-9H,3-4H2,1-2H3,(H,27,31)(H,24,28,32). The molecule has 0 bridgehead atoms. The van der Waals surface area contributed by atoms with Gasteiger partial charge in [0.05, 0.1) is 29.0 Å². The molecule has 2 N–H and O–H groups in total. The Kier molecular flexibility index (Phi) is 6.01. The lowest BCUT2D eigenvalue weighted by atomic mass is 10.2. The van der Waals surface area contributed by atoms with E-state index in [1.54, 1.807) is 6.92 Å². The van der Waals surface area contributed by atoms with Gasteiger partial charge in [0.15, 0.2) is 0 Å². The Morgan fingerprint density at radius 2 is 1.91 bits per heavy atom. The van der Waals surface area contributed by atoms with Gasteiger partial charge < -0.3 is 20.1 Å². The van der Waals surface area contributed by atoms with Gasteiger partial charge >= 0.3 is 6.18 Å². The van der Waals surface area contributed by atoms with Gasteiger partial charge in [-0.1, -0.05) is 11.6 Å². The predicted molar refractivity (Wildman–Crippen MR) is 116 cm³/mol. The molecule has 0 saturated carbocycles. The van der Waals surface area contributed by atoms with Crippen LogP contribution >= 0.6 is 22.9 Å². The first-order valence-corrected chi connectivity index (χ1v) is 10.8. The van der Waals surface area contributed by atoms with Crippen LogP contribution in [0, 0.1) is 0 Å². The highest BCUT2D eigenvalue weighted by Crippen LogP contribution is 2.35. The second-order valence-corrected chi connectivity index (χ2v) is 8.75. The number of hydrogen-bond donors (Lipinski definition) is 2. The number of carbonyl (C=O) groups excluding carboxylic acids is 2. The maximum Gasteiger partial charge on any atom is 0.418 e. The lowest BCUT2D eigenvalue weighted by Crippen LogP contribution is -2.28. The summed E-state index contributed by atoms with van der Waals surface area (Å²) >= 11 is 6.55. The first-order valence-electron chi connectivity index (χ1n) is 9.62. The molecule has 0 saturated heterocycles. The largest absolute Gasteiger partial charge is 0.418 e. The molecule has 33 heavy (non-hydrogen) atoms. The van der Waals surface area contributed by atoms with Crippen molar-refractivity contribution < 1.29 is 22.8 Å². The second kappa shape index (κ2) is 8.63. The highest BCUT2D eigenvalue weighted by Gasteiger charge is 2.34. The molecule has 1 atom stereocenters. The fourth-order valence-corrected chi connectivity index (χ4v) is 4.28. The minimum atomic E-state index is -4.68. The van der Waals surface area contributed by atoms with Crippen LogP contribution in [0.1, 0.15) is 43.7 Å². The number of fused-ring (bicyclic) bond motifs is 1. The fraction of sp³-hybridized carbons (Fsp3) is 0.316. The van der Waals surface area contributed by atoms with E-state index in [9.17, 15) is 22.8 Å². The van der Waals surface area contributed by atoms with Gasteiger partial charge in [0, 0.05) is 26.3 Å². The number of nitrogens with one attached hydrogen (secondary N) is 2. The van der Waals surface area contributed by atoms with Crippen LogP contribution in [0.5, 0.6) is 0 Å². The van der Waals surface area contributed by atoms with Gasteiger partial charge in [-0.3, -0.25) is 9.59 Å². The van der Waals surface area contributed by atoms with Crippen LogP contribution in [0.25, 0.3) is 0 Å². The Labute approximate surface area is 194 Å². The van der Waals surface area contributed by atoms with Crippen LogP contribution in [0.2, 0.25) is 5.02 Å². The Morgan fingerprint density at radius 1 is 1.15 bits per heavy atom. The Bertz CT molecular complexity index is 1230. The van der Waals surface area contributed by atoms with E-state index in [-0.39, 0.29) is 16.6 Å². The van der Waals surface area contributed by atoms with Gasteiger partial charge in [-0.05, 0) is 13.0 Å². The highest BCUT2D eigenvalue weighted by atomic mass is 35.5. The third-order valence-electron chi connectivity index (χ3n) is 4.94. The lowest BCUT2D eigenvalue weighted by Gasteiger charge is -2.12. The molecule has 1 aliphatic rings. The molecular weight excluding hydrogens is 483 g/mol. The average molecular weight is 500 g/mol. The number of alkyl halides is 3. The van der Waals surface area contributed by atoms with Gasteiger partial charge in [-0.2, -0.15) is 13.2 Å². The monoisotopic (exact) mass is 499 g/mol. The summed E-state index contributed by atoms with van der Waals surface area (Å²) in [5.74, 6) is -0.599. The van der Waals surface area contributed by atoms with Crippen LogP contribution in [0.15, 0.2) is 24.7 Å². The normalized spacial score (nSPS) is 14.2. The predicted octanol–water partition coefficient (Wildman–Crippen LogP) is 3.60. The van der Waals surface area contributed by atoms with Crippen molar-refractivity contribution in [3.8, 4) is 0 Å². The highest BCUT2D eigenvalue weighted by molar-refractivity contribution is 7.13. The van der Waals surface area contributed by atoms with E-state index in [0.717, 1.165) is 24.1 Å². The molecular formula is C19H17ClF3N7O2S. The minimum Gasteiger partial charge on any atom is -0.344 e. The summed E-state index contributed by atoms with van der Waals surface area (Å²) in [4.78, 5) is 39.3. The van der Waals surface area contributed by atoms with Crippen LogP contribution in [-0.2, 0) is 12.7 Å². The Balaban J connectivity index is 1.43. The second-order valence-electron chi connectivity index (χ2n) is 7.28. The minimum absolute atomic E-state index is 0.142. The van der Waals surface area contributed by atoms with Crippen molar-refractivity contribution >= 4 is 46.5 Å². The lowest BCUT2D eigenvalue weighted by molar-refractivity contribution is -0.137. The van der Waals surface area contributed by atoms with Gasteiger partial charge in [0.1, 0.15) is 21.4 Å². The first kappa shape index (κ1) is 23.0. The van der Waals surface area contributed by atoms with Gasteiger partial charge in [-0.25, -0.2) is 15.0 Å². The maximum absolute atomic E-state index is 13.0. The van der Waals surface area contributed by atoms with Gasteiger partial charge in [0.2, 0.25) is 5.95 Å². The van der Waals surface area contributed by atoms with E-state index >= 15 is 0 Å². The molecule has 0 aliphatic carbocycles. The van der Waals surface area contributed by atoms with E-state index in [1.807, 2.05) is 16.5 Å². The number of halogens is 4. The third-order valence-corrected chi connectivity index (χ3v) is 6.42. The number of rotatable bonds is 5. The summed E-state index contributed by atoms with van der Waals surface area (Å²) in [5, 5.41) is 5.01. The van der Waals surface area contributed by atoms with Crippen LogP contribution < -0.4 is 15.5 Å². The summed E-state index contributed by atoms with van der Waals surface area (Å²) in [6, 6.07) is 0.145. The molecule has 2 amide bonds. The smallest absolute Gasteiger partial charge is 0.344 e. The molecule has 0 radical (unpaired) electrons. The number of imidazole rings is 1. The summed E-state index contributed by atoms with van der Waals surface area (Å²) in [5.41, 5.74) is -0.682. The van der Waals surface area contributed by atoms with Crippen LogP contribution in [0.3, 0.4) is 0 Å². The molecule has 0 spiro atoms. The number of amides is 2. The summed E-state index contributed by atoms with van der Waals surface area (Å²) in [6.07, 6.45) is -1.08. The topological polar surface area (TPSA) is 105 Å². The summed E-state index contributed by atoms with van der Waals surface area (Å²) in [6.45, 7) is 3.12. The number of nitrogens with zero attached hydrogens (tertiary/aromatic N) is 5. The molecule has 174 valence electrons. The molecule has 9 nitrogen and oxygen atoms in total. The third kappa shape index (κ3) is 4.64. The number of thiazole rings is 1. The van der Waals surface area contributed by atoms with Crippen molar-refractivity contribution in [3.63, 3.8) is 0 Å². The first-order chi connectivity index (χ1) is 15.5. The van der Waals surface area contributed by atoms with Crippen molar-refractivity contribution in [1.29, 1.82) is 0 Å². The number of pyridine rings is 1. The van der Waals surface area contributed by atoms with Crippen molar-refractivity contribution in [1.82, 2.24) is 24.8 Å². The molecule has 1 unspecified atom stereocenters. The van der Waals surface area contributed by atoms with Crippen molar-refractivity contribution in [2.45, 2.75) is 25.7 Å². The maximum atomic E-state index is 13.0. The van der Waals surface area contributed by atoms with Crippen molar-refractivity contribution in [2.24, 2.45) is 0 Å². The number of hydrogen-bond acceptors (Lipinski definition) is 7. The number of aromatic nitrogens is 4. The SMILES string of the molecule is CC(NC(=O)c1cnc2n1CCN2C)c1ncc(C(=O)Nc2cc(C(F)(F)F)c(Cl)cn2)s1. The molecule has 1 aliphatic heterocycles. The van der Waals surface area contributed by atoms with Crippen molar-refractivity contribution in [3.05, 3.63) is 50.8 Å². The molecule has 0 aromatic carbocycles. The zero-order chi connectivity index (χ0) is 23.9. The summed E-state index contributed by atoms with van der Waals surface area (Å²) in [7, 11) is 1.89. The van der Waals surface area contributed by atoms with Gasteiger partial charge in [-0.15, -0.1) is 11.3 Å². The van der Waals surface area contributed by atoms with Crippen molar-refractivity contribution in [2.75, 3.05) is 23.8 Å².